The number of hydrogen-bond acceptors (Lipinski definition) is 6. The Balaban J connectivity index is 1.59. The maximum absolute atomic E-state index is 13.0. The maximum Gasteiger partial charge on any atom is 0.343 e. The van der Waals surface area contributed by atoms with Gasteiger partial charge in [0.25, 0.3) is 11.1 Å². The van der Waals surface area contributed by atoms with Crippen LogP contribution in [0.5, 0.6) is 11.5 Å². The van der Waals surface area contributed by atoms with Gasteiger partial charge in [-0.2, -0.15) is 0 Å². The van der Waals surface area contributed by atoms with Crippen molar-refractivity contribution in [2.24, 2.45) is 0 Å². The van der Waals surface area contributed by atoms with E-state index in [0.29, 0.717) is 38.5 Å². The predicted molar refractivity (Wildman–Crippen MR) is 140 cm³/mol. The third-order valence-electron chi connectivity index (χ3n) is 4.99. The summed E-state index contributed by atoms with van der Waals surface area (Å²) in [4.78, 5) is 39.5. The lowest BCUT2D eigenvalue weighted by Gasteiger charge is -2.14. The summed E-state index contributed by atoms with van der Waals surface area (Å²) >= 11 is 10.5. The maximum atomic E-state index is 13.0. The first kappa shape index (κ1) is 25.0. The molecule has 0 bridgehead atoms. The van der Waals surface area contributed by atoms with E-state index in [1.54, 1.807) is 66.7 Å². The Labute approximate surface area is 220 Å². The summed E-state index contributed by atoms with van der Waals surface area (Å²) in [6.07, 6.45) is 1.60. The van der Waals surface area contributed by atoms with Crippen molar-refractivity contribution >= 4 is 62.5 Å². The van der Waals surface area contributed by atoms with E-state index in [-0.39, 0.29) is 22.4 Å². The Morgan fingerprint density at radius 2 is 1.80 bits per heavy atom. The fourth-order valence-electron chi connectivity index (χ4n) is 3.34. The highest BCUT2D eigenvalue weighted by molar-refractivity contribution is 9.10. The second-order valence-electron chi connectivity index (χ2n) is 7.38. The summed E-state index contributed by atoms with van der Waals surface area (Å²) in [5, 5.41) is 0.111. The van der Waals surface area contributed by atoms with Gasteiger partial charge in [-0.25, -0.2) is 4.79 Å². The number of imide groups is 1. The molecule has 6 nitrogen and oxygen atoms in total. The molecule has 0 unspecified atom stereocenters. The molecule has 1 heterocycles. The first-order valence-corrected chi connectivity index (χ1v) is 12.6. The summed E-state index contributed by atoms with van der Waals surface area (Å²) in [6, 6.07) is 19.0. The molecule has 0 aromatic heterocycles. The number of ether oxygens (including phenoxy) is 2. The molecule has 0 radical (unpaired) electrons. The molecular weight excluding hydrogens is 554 g/mol. The second kappa shape index (κ2) is 11.1. The zero-order chi connectivity index (χ0) is 24.9. The van der Waals surface area contributed by atoms with Gasteiger partial charge in [0.05, 0.1) is 28.1 Å². The topological polar surface area (TPSA) is 72.9 Å². The van der Waals surface area contributed by atoms with Crippen molar-refractivity contribution in [2.45, 2.75) is 13.5 Å². The smallest absolute Gasteiger partial charge is 0.343 e. The molecule has 178 valence electrons. The van der Waals surface area contributed by atoms with E-state index in [1.807, 2.05) is 13.0 Å². The van der Waals surface area contributed by atoms with E-state index in [9.17, 15) is 14.4 Å². The van der Waals surface area contributed by atoms with Crippen LogP contribution in [0.15, 0.2) is 76.1 Å². The van der Waals surface area contributed by atoms with Gasteiger partial charge < -0.3 is 9.47 Å². The monoisotopic (exact) mass is 571 g/mol. The fraction of sp³-hybridized carbons (Fsp3) is 0.115. The standard InChI is InChI=1S/C26H19BrClNO5S/c1-2-33-21-13-16(12-19(27)23(21)34-25(31)17-8-4-3-5-9-17)14-22-24(30)29(26(32)35-22)15-18-10-6-7-11-20(18)28/h3-14H,2,15H2,1H3/b22-14-. The number of thioether (sulfide) groups is 1. The lowest BCUT2D eigenvalue weighted by molar-refractivity contribution is -0.123. The number of benzene rings is 3. The molecule has 9 heteroatoms. The minimum Gasteiger partial charge on any atom is -0.490 e. The number of nitrogens with zero attached hydrogens (tertiary/aromatic N) is 1. The molecule has 3 aromatic rings. The first-order chi connectivity index (χ1) is 16.9. The van der Waals surface area contributed by atoms with Gasteiger partial charge in [0.15, 0.2) is 11.5 Å². The number of carbonyl (C=O) groups excluding carboxylic acids is 3. The quantitative estimate of drug-likeness (QED) is 0.173. The van der Waals surface area contributed by atoms with Crippen molar-refractivity contribution in [1.82, 2.24) is 4.90 Å². The molecule has 2 amide bonds. The van der Waals surface area contributed by atoms with Crippen LogP contribution in [0.1, 0.15) is 28.4 Å². The average molecular weight is 573 g/mol. The highest BCUT2D eigenvalue weighted by atomic mass is 79.9. The number of hydrogen-bond donors (Lipinski definition) is 0. The average Bonchev–Trinajstić information content (AvgIpc) is 3.10. The number of rotatable bonds is 7. The van der Waals surface area contributed by atoms with E-state index in [0.717, 1.165) is 16.7 Å². The van der Waals surface area contributed by atoms with Crippen LogP contribution < -0.4 is 9.47 Å². The summed E-state index contributed by atoms with van der Waals surface area (Å²) in [5.41, 5.74) is 1.69. The van der Waals surface area contributed by atoms with Crippen LogP contribution in [0.2, 0.25) is 5.02 Å². The van der Waals surface area contributed by atoms with E-state index in [1.165, 1.54) is 0 Å². The molecular formula is C26H19BrClNO5S. The molecule has 0 saturated carbocycles. The van der Waals surface area contributed by atoms with Crippen LogP contribution in [0, 0.1) is 0 Å². The molecule has 1 saturated heterocycles. The summed E-state index contributed by atoms with van der Waals surface area (Å²) in [6.45, 7) is 2.23. The number of halogens is 2. The first-order valence-electron chi connectivity index (χ1n) is 10.6. The third-order valence-corrected chi connectivity index (χ3v) is 6.86. The second-order valence-corrected chi connectivity index (χ2v) is 9.63. The molecule has 0 N–H and O–H groups in total. The van der Waals surface area contributed by atoms with Gasteiger partial charge in [-0.15, -0.1) is 0 Å². The van der Waals surface area contributed by atoms with E-state index >= 15 is 0 Å². The molecule has 1 aliphatic heterocycles. The van der Waals surface area contributed by atoms with E-state index in [2.05, 4.69) is 15.9 Å². The summed E-state index contributed by atoms with van der Waals surface area (Å²) in [7, 11) is 0. The van der Waals surface area contributed by atoms with Crippen molar-refractivity contribution < 1.29 is 23.9 Å². The molecule has 0 atom stereocenters. The molecule has 35 heavy (non-hydrogen) atoms. The van der Waals surface area contributed by atoms with Crippen LogP contribution in [0.3, 0.4) is 0 Å². The minimum absolute atomic E-state index is 0.0872. The minimum atomic E-state index is -0.527. The van der Waals surface area contributed by atoms with Crippen molar-refractivity contribution in [1.29, 1.82) is 0 Å². The van der Waals surface area contributed by atoms with Crippen LogP contribution in [-0.2, 0) is 11.3 Å². The van der Waals surface area contributed by atoms with Gasteiger partial charge in [0.1, 0.15) is 0 Å². The van der Waals surface area contributed by atoms with E-state index < -0.39 is 11.9 Å². The van der Waals surface area contributed by atoms with Gasteiger partial charge in [-0.05, 0) is 82.2 Å². The van der Waals surface area contributed by atoms with Gasteiger partial charge in [-0.1, -0.05) is 48.0 Å². The predicted octanol–water partition coefficient (Wildman–Crippen LogP) is 6.96. The van der Waals surface area contributed by atoms with Gasteiger partial charge in [0, 0.05) is 5.02 Å². The van der Waals surface area contributed by atoms with Crippen molar-refractivity contribution in [3.8, 4) is 11.5 Å². The number of amides is 2. The molecule has 1 fully saturated rings. The van der Waals surface area contributed by atoms with Gasteiger partial charge in [0.2, 0.25) is 0 Å². The van der Waals surface area contributed by atoms with Crippen molar-refractivity contribution in [3.63, 3.8) is 0 Å². The normalized spacial score (nSPS) is 14.5. The van der Waals surface area contributed by atoms with Crippen LogP contribution >= 0.6 is 39.3 Å². The van der Waals surface area contributed by atoms with Gasteiger partial charge in [-0.3, -0.25) is 14.5 Å². The molecule has 1 aliphatic rings. The SMILES string of the molecule is CCOc1cc(/C=C2\SC(=O)N(Cc3ccccc3Cl)C2=O)cc(Br)c1OC(=O)c1ccccc1. The molecule has 0 aliphatic carbocycles. The van der Waals surface area contributed by atoms with Crippen molar-refractivity contribution in [2.75, 3.05) is 6.61 Å². The highest BCUT2D eigenvalue weighted by Gasteiger charge is 2.35. The number of carbonyl (C=O) groups is 3. The zero-order valence-electron chi connectivity index (χ0n) is 18.5. The molecule has 4 rings (SSSR count). The van der Waals surface area contributed by atoms with Crippen LogP contribution in [0.25, 0.3) is 6.08 Å². The van der Waals surface area contributed by atoms with Crippen LogP contribution in [0.4, 0.5) is 4.79 Å². The zero-order valence-corrected chi connectivity index (χ0v) is 21.7. The van der Waals surface area contributed by atoms with Crippen molar-refractivity contribution in [3.05, 3.63) is 97.8 Å². The van der Waals surface area contributed by atoms with Gasteiger partial charge >= 0.3 is 5.97 Å². The summed E-state index contributed by atoms with van der Waals surface area (Å²) in [5.74, 6) is -0.383. The Hall–Kier alpha value is -3.07. The Bertz CT molecular complexity index is 1330. The fourth-order valence-corrected chi connectivity index (χ4v) is 4.92. The Morgan fingerprint density at radius 3 is 2.51 bits per heavy atom. The number of esters is 1. The molecule has 3 aromatic carbocycles. The largest absolute Gasteiger partial charge is 0.490 e. The molecule has 0 spiro atoms. The highest BCUT2D eigenvalue weighted by Crippen LogP contribution is 2.40. The van der Waals surface area contributed by atoms with Crippen LogP contribution in [-0.4, -0.2) is 28.6 Å². The lowest BCUT2D eigenvalue weighted by atomic mass is 10.1. The Morgan fingerprint density at radius 1 is 1.09 bits per heavy atom. The van der Waals surface area contributed by atoms with E-state index in [4.69, 9.17) is 21.1 Å². The third kappa shape index (κ3) is 5.78. The summed E-state index contributed by atoms with van der Waals surface area (Å²) < 4.78 is 11.8. The lowest BCUT2D eigenvalue weighted by Crippen LogP contribution is -2.27. The Kier molecular flexibility index (Phi) is 7.95.